The van der Waals surface area contributed by atoms with E-state index in [1.165, 1.54) is 24.8 Å². The quantitative estimate of drug-likeness (QED) is 0.818. The van der Waals surface area contributed by atoms with E-state index in [1.54, 1.807) is 0 Å². The van der Waals surface area contributed by atoms with Crippen LogP contribution in [0.4, 0.5) is 0 Å². The molecule has 1 N–H and O–H groups in total. The fourth-order valence-corrected chi connectivity index (χ4v) is 4.87. The molecule has 0 bridgehead atoms. The minimum Gasteiger partial charge on any atom is -0.372 e. The molecule has 28 heavy (non-hydrogen) atoms. The minimum absolute atomic E-state index is 0.150. The highest BCUT2D eigenvalue weighted by atomic mass is 16.5. The summed E-state index contributed by atoms with van der Waals surface area (Å²) in [5.74, 6) is 0.987. The van der Waals surface area contributed by atoms with Gasteiger partial charge in [0.1, 0.15) is 0 Å². The van der Waals surface area contributed by atoms with Crippen LogP contribution in [-0.2, 0) is 9.53 Å². The SMILES string of the molecule is CC1CN(C(=O)CCN2CCC(N[C@@H]3C[C@H]3c3ccccc3)CC2)CC(C)O1. The maximum Gasteiger partial charge on any atom is 0.224 e. The van der Waals surface area contributed by atoms with Crippen molar-refractivity contribution in [3.63, 3.8) is 0 Å². The van der Waals surface area contributed by atoms with Crippen LogP contribution in [0.5, 0.6) is 0 Å². The first-order valence-corrected chi connectivity index (χ1v) is 11.0. The Kier molecular flexibility index (Phi) is 6.34. The van der Waals surface area contributed by atoms with Gasteiger partial charge >= 0.3 is 0 Å². The van der Waals surface area contributed by atoms with E-state index < -0.39 is 0 Å². The zero-order chi connectivity index (χ0) is 19.5. The predicted octanol–water partition coefficient (Wildman–Crippen LogP) is 2.62. The molecule has 2 unspecified atom stereocenters. The number of hydrogen-bond donors (Lipinski definition) is 1. The summed E-state index contributed by atoms with van der Waals surface area (Å²) in [7, 11) is 0. The molecule has 1 aliphatic carbocycles. The van der Waals surface area contributed by atoms with Gasteiger partial charge in [0.05, 0.1) is 12.2 Å². The molecule has 2 aliphatic heterocycles. The third-order valence-corrected chi connectivity index (χ3v) is 6.47. The Morgan fingerprint density at radius 3 is 2.46 bits per heavy atom. The van der Waals surface area contributed by atoms with Crippen molar-refractivity contribution in [2.24, 2.45) is 0 Å². The first-order valence-electron chi connectivity index (χ1n) is 11.0. The summed E-state index contributed by atoms with van der Waals surface area (Å²) in [6, 6.07) is 12.2. The molecule has 2 saturated heterocycles. The Morgan fingerprint density at radius 1 is 1.11 bits per heavy atom. The number of piperidine rings is 1. The topological polar surface area (TPSA) is 44.8 Å². The van der Waals surface area contributed by atoms with Crippen LogP contribution in [0.3, 0.4) is 0 Å². The average molecular weight is 386 g/mol. The van der Waals surface area contributed by atoms with Gasteiger partial charge in [-0.15, -0.1) is 0 Å². The molecule has 1 amide bonds. The summed E-state index contributed by atoms with van der Waals surface area (Å²) in [4.78, 5) is 17.0. The number of hydrogen-bond acceptors (Lipinski definition) is 4. The molecule has 2 heterocycles. The van der Waals surface area contributed by atoms with Gasteiger partial charge in [-0.25, -0.2) is 0 Å². The van der Waals surface area contributed by atoms with Gasteiger partial charge in [0.15, 0.2) is 0 Å². The third kappa shape index (κ3) is 5.13. The molecule has 1 aromatic carbocycles. The number of carbonyl (C=O) groups excluding carboxylic acids is 1. The van der Waals surface area contributed by atoms with Crippen molar-refractivity contribution in [1.29, 1.82) is 0 Å². The second-order valence-corrected chi connectivity index (χ2v) is 8.95. The molecule has 0 radical (unpaired) electrons. The zero-order valence-corrected chi connectivity index (χ0v) is 17.3. The number of nitrogens with one attached hydrogen (secondary N) is 1. The van der Waals surface area contributed by atoms with E-state index in [4.69, 9.17) is 4.74 Å². The molecule has 3 aliphatic rings. The van der Waals surface area contributed by atoms with E-state index in [9.17, 15) is 4.79 Å². The molecule has 0 spiro atoms. The lowest BCUT2D eigenvalue weighted by atomic mass is 10.0. The van der Waals surface area contributed by atoms with Gasteiger partial charge in [0.25, 0.3) is 0 Å². The van der Waals surface area contributed by atoms with Crippen LogP contribution in [-0.4, -0.2) is 72.7 Å². The molecule has 5 heteroatoms. The summed E-state index contributed by atoms with van der Waals surface area (Å²) < 4.78 is 5.73. The lowest BCUT2D eigenvalue weighted by Crippen LogP contribution is -2.49. The summed E-state index contributed by atoms with van der Waals surface area (Å²) in [6.07, 6.45) is 4.59. The molecule has 0 aromatic heterocycles. The molecule has 4 atom stereocenters. The summed E-state index contributed by atoms with van der Waals surface area (Å²) in [6.45, 7) is 8.67. The highest BCUT2D eigenvalue weighted by molar-refractivity contribution is 5.76. The fourth-order valence-electron chi connectivity index (χ4n) is 4.87. The number of morpholine rings is 1. The van der Waals surface area contributed by atoms with Crippen LogP contribution in [0, 0.1) is 0 Å². The minimum atomic E-state index is 0.150. The van der Waals surface area contributed by atoms with Crippen LogP contribution >= 0.6 is 0 Å². The van der Waals surface area contributed by atoms with Crippen molar-refractivity contribution < 1.29 is 9.53 Å². The van der Waals surface area contributed by atoms with Gasteiger partial charge in [0.2, 0.25) is 5.91 Å². The predicted molar refractivity (Wildman–Crippen MR) is 111 cm³/mol. The van der Waals surface area contributed by atoms with Gasteiger partial charge < -0.3 is 19.9 Å². The van der Waals surface area contributed by atoms with Crippen LogP contribution in [0.15, 0.2) is 30.3 Å². The Hall–Kier alpha value is -1.43. The van der Waals surface area contributed by atoms with E-state index in [1.807, 2.05) is 4.90 Å². The Labute approximate surface area is 169 Å². The van der Waals surface area contributed by atoms with E-state index in [-0.39, 0.29) is 18.1 Å². The summed E-state index contributed by atoms with van der Waals surface area (Å²) in [5, 5.41) is 3.87. The number of nitrogens with zero attached hydrogens (tertiary/aromatic N) is 2. The summed E-state index contributed by atoms with van der Waals surface area (Å²) >= 11 is 0. The lowest BCUT2D eigenvalue weighted by Gasteiger charge is -2.36. The largest absolute Gasteiger partial charge is 0.372 e. The normalized spacial score (nSPS) is 31.7. The third-order valence-electron chi connectivity index (χ3n) is 6.47. The van der Waals surface area contributed by atoms with E-state index in [0.29, 0.717) is 24.4 Å². The maximum absolute atomic E-state index is 12.6. The number of ether oxygens (including phenoxy) is 1. The van der Waals surface area contributed by atoms with Crippen LogP contribution in [0.1, 0.15) is 51.0 Å². The van der Waals surface area contributed by atoms with Crippen LogP contribution in [0.25, 0.3) is 0 Å². The van der Waals surface area contributed by atoms with Gasteiger partial charge in [0, 0.05) is 44.1 Å². The molecule has 3 fully saturated rings. The first-order chi connectivity index (χ1) is 13.6. The van der Waals surface area contributed by atoms with Crippen molar-refractivity contribution in [2.75, 3.05) is 32.7 Å². The lowest BCUT2D eigenvalue weighted by molar-refractivity contribution is -0.143. The van der Waals surface area contributed by atoms with Crippen molar-refractivity contribution in [1.82, 2.24) is 15.1 Å². The number of benzene rings is 1. The Morgan fingerprint density at radius 2 is 1.79 bits per heavy atom. The number of rotatable bonds is 6. The van der Waals surface area contributed by atoms with Gasteiger partial charge in [-0.3, -0.25) is 4.79 Å². The molecule has 5 nitrogen and oxygen atoms in total. The number of likely N-dealkylation sites (tertiary alicyclic amines) is 1. The highest BCUT2D eigenvalue weighted by Gasteiger charge is 2.39. The second-order valence-electron chi connectivity index (χ2n) is 8.95. The average Bonchev–Trinajstić information content (AvgIpc) is 3.46. The van der Waals surface area contributed by atoms with E-state index in [0.717, 1.165) is 32.7 Å². The van der Waals surface area contributed by atoms with Crippen molar-refractivity contribution in [3.05, 3.63) is 35.9 Å². The molecular formula is C23H35N3O2. The smallest absolute Gasteiger partial charge is 0.224 e. The van der Waals surface area contributed by atoms with Crippen LogP contribution in [0.2, 0.25) is 0 Å². The molecule has 1 aromatic rings. The van der Waals surface area contributed by atoms with Gasteiger partial charge in [-0.05, 0) is 51.8 Å². The molecular weight excluding hydrogens is 350 g/mol. The Bertz CT molecular complexity index is 635. The van der Waals surface area contributed by atoms with E-state index >= 15 is 0 Å². The molecule has 1 saturated carbocycles. The molecule has 154 valence electrons. The van der Waals surface area contributed by atoms with Crippen LogP contribution < -0.4 is 5.32 Å². The summed E-state index contributed by atoms with van der Waals surface area (Å²) in [5.41, 5.74) is 1.47. The first kappa shape index (κ1) is 19.9. The van der Waals surface area contributed by atoms with Crippen molar-refractivity contribution in [2.45, 2.75) is 69.7 Å². The van der Waals surface area contributed by atoms with Gasteiger partial charge in [-0.2, -0.15) is 0 Å². The Balaban J connectivity index is 1.14. The number of amides is 1. The standard InChI is InChI=1S/C23H35N3O2/c1-17-15-26(16-18(2)28-17)23(27)10-13-25-11-8-20(9-12-25)24-22-14-21(22)19-6-4-3-5-7-19/h3-7,17-18,20-22,24H,8-16H2,1-2H3/t17?,18?,21-,22+/m0/s1. The van der Waals surface area contributed by atoms with Gasteiger partial charge in [-0.1, -0.05) is 30.3 Å². The van der Waals surface area contributed by atoms with Crippen molar-refractivity contribution >= 4 is 5.91 Å². The molecule has 4 rings (SSSR count). The zero-order valence-electron chi connectivity index (χ0n) is 17.3. The number of carbonyl (C=O) groups is 1. The second kappa shape index (κ2) is 8.93. The van der Waals surface area contributed by atoms with E-state index in [2.05, 4.69) is 54.4 Å². The highest BCUT2D eigenvalue weighted by Crippen LogP contribution is 2.41. The monoisotopic (exact) mass is 385 g/mol. The fraction of sp³-hybridized carbons (Fsp3) is 0.696. The maximum atomic E-state index is 12.6. The van der Waals surface area contributed by atoms with Crippen molar-refractivity contribution in [3.8, 4) is 0 Å².